The first-order valence-corrected chi connectivity index (χ1v) is 6.41. The molecule has 1 nitrogen and oxygen atoms in total. The van der Waals surface area contributed by atoms with Gasteiger partial charge in [-0.1, -0.05) is 20.3 Å². The first-order valence-electron chi connectivity index (χ1n) is 6.41. The summed E-state index contributed by atoms with van der Waals surface area (Å²) in [7, 11) is 2.50. The Morgan fingerprint density at radius 2 is 1.79 bits per heavy atom. The summed E-state index contributed by atoms with van der Waals surface area (Å²) in [5.41, 5.74) is 0. The highest BCUT2D eigenvalue weighted by Gasteiger charge is 2.49. The molecule has 0 spiro atoms. The summed E-state index contributed by atoms with van der Waals surface area (Å²) >= 11 is 0. The van der Waals surface area contributed by atoms with Crippen molar-refractivity contribution in [1.82, 2.24) is 0 Å². The molecule has 3 unspecified atom stereocenters. The largest absolute Gasteiger partial charge is 0.321 e. The van der Waals surface area contributed by atoms with Crippen LogP contribution in [0.5, 0.6) is 0 Å². The standard InChI is InChI=1S/C13H26N/c1-5-12-7-13(8-12)14(4)9-10(2)6-11(14)3/h10-13H,5-9H2,1-4H3/q+1. The number of hydrogen-bond donors (Lipinski definition) is 0. The minimum Gasteiger partial charge on any atom is -0.321 e. The molecule has 1 aliphatic heterocycles. The number of likely N-dealkylation sites (tertiary alicyclic amines) is 1. The highest BCUT2D eigenvalue weighted by atomic mass is 15.4. The fourth-order valence-electron chi connectivity index (χ4n) is 3.77. The number of nitrogens with zero attached hydrogens (tertiary/aromatic N) is 1. The summed E-state index contributed by atoms with van der Waals surface area (Å²) in [6.45, 7) is 8.66. The fourth-order valence-corrected chi connectivity index (χ4v) is 3.77. The molecule has 0 aromatic carbocycles. The third-order valence-electron chi connectivity index (χ3n) is 5.08. The quantitative estimate of drug-likeness (QED) is 0.596. The smallest absolute Gasteiger partial charge is 0.0895 e. The minimum atomic E-state index is 0.910. The molecule has 0 bridgehead atoms. The molecule has 3 atom stereocenters. The Labute approximate surface area is 89.1 Å². The van der Waals surface area contributed by atoms with Crippen LogP contribution in [0.25, 0.3) is 0 Å². The zero-order valence-electron chi connectivity index (χ0n) is 10.3. The summed E-state index contributed by atoms with van der Waals surface area (Å²) in [4.78, 5) is 0. The van der Waals surface area contributed by atoms with Gasteiger partial charge in [-0.15, -0.1) is 0 Å². The third-order valence-corrected chi connectivity index (χ3v) is 5.08. The molecular formula is C13H26N+. The minimum absolute atomic E-state index is 0.910. The van der Waals surface area contributed by atoms with E-state index in [4.69, 9.17) is 0 Å². The molecule has 14 heavy (non-hydrogen) atoms. The van der Waals surface area contributed by atoms with Gasteiger partial charge in [0.25, 0.3) is 0 Å². The molecule has 0 aromatic rings. The van der Waals surface area contributed by atoms with E-state index in [9.17, 15) is 0 Å². The van der Waals surface area contributed by atoms with Crippen LogP contribution in [0.4, 0.5) is 0 Å². The molecule has 1 heteroatoms. The SMILES string of the molecule is CCC1CC([N+]2(C)CC(C)CC2C)C1. The maximum absolute atomic E-state index is 2.50. The van der Waals surface area contributed by atoms with E-state index in [1.165, 1.54) is 36.7 Å². The number of quaternary nitrogens is 1. The lowest BCUT2D eigenvalue weighted by molar-refractivity contribution is -0.950. The topological polar surface area (TPSA) is 0 Å². The van der Waals surface area contributed by atoms with Crippen LogP contribution in [0, 0.1) is 11.8 Å². The van der Waals surface area contributed by atoms with Crippen LogP contribution in [0.3, 0.4) is 0 Å². The van der Waals surface area contributed by atoms with Crippen LogP contribution in [-0.2, 0) is 0 Å². The highest BCUT2D eigenvalue weighted by Crippen LogP contribution is 2.43. The third kappa shape index (κ3) is 1.50. The van der Waals surface area contributed by atoms with Crippen molar-refractivity contribution < 1.29 is 4.48 Å². The van der Waals surface area contributed by atoms with Gasteiger partial charge in [-0.3, -0.25) is 0 Å². The monoisotopic (exact) mass is 196 g/mol. The van der Waals surface area contributed by atoms with Crippen LogP contribution >= 0.6 is 0 Å². The van der Waals surface area contributed by atoms with Gasteiger partial charge in [-0.05, 0) is 12.8 Å². The van der Waals surface area contributed by atoms with Crippen molar-refractivity contribution in [3.63, 3.8) is 0 Å². The van der Waals surface area contributed by atoms with Crippen molar-refractivity contribution in [1.29, 1.82) is 0 Å². The van der Waals surface area contributed by atoms with E-state index in [1.807, 2.05) is 0 Å². The van der Waals surface area contributed by atoms with Crippen molar-refractivity contribution >= 4 is 0 Å². The van der Waals surface area contributed by atoms with Crippen LogP contribution in [-0.4, -0.2) is 30.2 Å². The van der Waals surface area contributed by atoms with Crippen LogP contribution < -0.4 is 0 Å². The predicted octanol–water partition coefficient (Wildman–Crippen LogP) is 3.05. The summed E-state index contributed by atoms with van der Waals surface area (Å²) in [6, 6.07) is 1.91. The molecule has 0 N–H and O–H groups in total. The second-order valence-corrected chi connectivity index (χ2v) is 6.12. The van der Waals surface area contributed by atoms with Gasteiger partial charge >= 0.3 is 0 Å². The Morgan fingerprint density at radius 1 is 1.14 bits per heavy atom. The molecular weight excluding hydrogens is 170 g/mol. The highest BCUT2D eigenvalue weighted by molar-refractivity contribution is 4.83. The van der Waals surface area contributed by atoms with E-state index in [0.29, 0.717) is 0 Å². The van der Waals surface area contributed by atoms with E-state index in [1.54, 1.807) is 0 Å². The van der Waals surface area contributed by atoms with Crippen molar-refractivity contribution in [3.05, 3.63) is 0 Å². The number of hydrogen-bond acceptors (Lipinski definition) is 0. The first kappa shape index (κ1) is 10.5. The summed E-state index contributed by atoms with van der Waals surface area (Å²) < 4.78 is 1.39. The van der Waals surface area contributed by atoms with Crippen LogP contribution in [0.2, 0.25) is 0 Å². The summed E-state index contributed by atoms with van der Waals surface area (Å²) in [5, 5.41) is 0. The first-order chi connectivity index (χ1) is 6.56. The normalized spacial score (nSPS) is 53.1. The number of rotatable bonds is 2. The zero-order chi connectivity index (χ0) is 10.3. The van der Waals surface area contributed by atoms with E-state index >= 15 is 0 Å². The lowest BCUT2D eigenvalue weighted by Gasteiger charge is -2.49. The molecule has 1 saturated carbocycles. The van der Waals surface area contributed by atoms with Gasteiger partial charge in [0.05, 0.1) is 25.7 Å². The summed E-state index contributed by atoms with van der Waals surface area (Å²) in [5.74, 6) is 2.01. The molecule has 0 aromatic heterocycles. The maximum atomic E-state index is 2.50. The molecule has 0 radical (unpaired) electrons. The maximum Gasteiger partial charge on any atom is 0.0895 e. The second kappa shape index (κ2) is 3.52. The molecule has 1 aliphatic carbocycles. The van der Waals surface area contributed by atoms with Crippen LogP contribution in [0.15, 0.2) is 0 Å². The van der Waals surface area contributed by atoms with Gasteiger partial charge in [0, 0.05) is 25.2 Å². The van der Waals surface area contributed by atoms with Gasteiger partial charge < -0.3 is 4.48 Å². The Bertz CT molecular complexity index is 207. The lowest BCUT2D eigenvalue weighted by Crippen LogP contribution is -2.59. The average molecular weight is 196 g/mol. The summed E-state index contributed by atoms with van der Waals surface area (Å²) in [6.07, 6.45) is 5.86. The van der Waals surface area contributed by atoms with Crippen molar-refractivity contribution in [2.45, 2.75) is 58.5 Å². The van der Waals surface area contributed by atoms with Crippen LogP contribution in [0.1, 0.15) is 46.5 Å². The van der Waals surface area contributed by atoms with Gasteiger partial charge in [0.1, 0.15) is 0 Å². The van der Waals surface area contributed by atoms with Gasteiger partial charge in [-0.2, -0.15) is 0 Å². The van der Waals surface area contributed by atoms with Gasteiger partial charge in [0.2, 0.25) is 0 Å². The Hall–Kier alpha value is -0.0400. The van der Waals surface area contributed by atoms with E-state index < -0.39 is 0 Å². The van der Waals surface area contributed by atoms with E-state index in [0.717, 1.165) is 23.9 Å². The molecule has 1 heterocycles. The van der Waals surface area contributed by atoms with Gasteiger partial charge in [0.15, 0.2) is 0 Å². The van der Waals surface area contributed by atoms with Crippen molar-refractivity contribution in [2.75, 3.05) is 13.6 Å². The predicted molar refractivity (Wildman–Crippen MR) is 61.1 cm³/mol. The average Bonchev–Trinajstić information content (AvgIpc) is 2.24. The van der Waals surface area contributed by atoms with E-state index in [-0.39, 0.29) is 0 Å². The molecule has 2 fully saturated rings. The Kier molecular flexibility index (Phi) is 2.63. The molecule has 2 aliphatic rings. The Balaban J connectivity index is 1.97. The lowest BCUT2D eigenvalue weighted by atomic mass is 9.76. The van der Waals surface area contributed by atoms with E-state index in [2.05, 4.69) is 27.8 Å². The molecule has 82 valence electrons. The fraction of sp³-hybridized carbons (Fsp3) is 1.00. The van der Waals surface area contributed by atoms with Crippen molar-refractivity contribution in [3.8, 4) is 0 Å². The molecule has 1 saturated heterocycles. The van der Waals surface area contributed by atoms with Crippen molar-refractivity contribution in [2.24, 2.45) is 11.8 Å². The molecule has 0 amide bonds. The Morgan fingerprint density at radius 3 is 2.21 bits per heavy atom. The van der Waals surface area contributed by atoms with Gasteiger partial charge in [-0.25, -0.2) is 0 Å². The zero-order valence-corrected chi connectivity index (χ0v) is 10.3. The second-order valence-electron chi connectivity index (χ2n) is 6.12. The molecule has 2 rings (SSSR count).